The highest BCUT2D eigenvalue weighted by atomic mass is 28.1. The topological polar surface area (TPSA) is 0 Å². The molecule has 0 bridgehead atoms. The molecule has 0 aliphatic carbocycles. The van der Waals surface area contributed by atoms with Gasteiger partial charge >= 0.3 is 0 Å². The van der Waals surface area contributed by atoms with Crippen LogP contribution in [-0.2, 0) is 6.04 Å². The number of benzene rings is 1. The summed E-state index contributed by atoms with van der Waals surface area (Å²) >= 11 is 0. The lowest BCUT2D eigenvalue weighted by molar-refractivity contribution is 0.565. The van der Waals surface area contributed by atoms with E-state index in [1.165, 1.54) is 18.2 Å². The van der Waals surface area contributed by atoms with Crippen LogP contribution >= 0.6 is 0 Å². The molecule has 0 aliphatic rings. The summed E-state index contributed by atoms with van der Waals surface area (Å²) in [6, 6.07) is 4.50. The van der Waals surface area contributed by atoms with Gasteiger partial charge in [-0.05, 0) is 18.2 Å². The van der Waals surface area contributed by atoms with Gasteiger partial charge in [-0.1, -0.05) is 6.07 Å². The Morgan fingerprint density at radius 3 is 2.00 bits per heavy atom. The van der Waals surface area contributed by atoms with E-state index in [0.29, 0.717) is 6.04 Å². The van der Waals surface area contributed by atoms with Crippen LogP contribution in [0.3, 0.4) is 0 Å². The average molecular weight is 158 g/mol. The first-order valence-electron chi connectivity index (χ1n) is 3.18. The fourth-order valence-corrected chi connectivity index (χ4v) is 1.55. The molecular weight excluding hydrogens is 150 g/mol. The van der Waals surface area contributed by atoms with Crippen molar-refractivity contribution in [3.05, 3.63) is 35.4 Å². The summed E-state index contributed by atoms with van der Waals surface area (Å²) in [5.41, 5.74) is 0.231. The van der Waals surface area contributed by atoms with E-state index < -0.39 is 11.6 Å². The molecular formula is C7H8F2Si. The Balaban J connectivity index is 3.17. The van der Waals surface area contributed by atoms with Gasteiger partial charge < -0.3 is 0 Å². The van der Waals surface area contributed by atoms with Crippen molar-refractivity contribution in [2.75, 3.05) is 0 Å². The summed E-state index contributed by atoms with van der Waals surface area (Å²) < 4.78 is 25.3. The van der Waals surface area contributed by atoms with E-state index in [1.807, 2.05) is 0 Å². The Hall–Kier alpha value is -0.703. The minimum Gasteiger partial charge on any atom is -0.207 e. The lowest BCUT2D eigenvalue weighted by Gasteiger charge is -1.98. The Morgan fingerprint density at radius 2 is 1.70 bits per heavy atom. The molecule has 3 heteroatoms. The van der Waals surface area contributed by atoms with Gasteiger partial charge in [-0.15, -0.1) is 0 Å². The van der Waals surface area contributed by atoms with Gasteiger partial charge in [-0.25, -0.2) is 8.78 Å². The van der Waals surface area contributed by atoms with Gasteiger partial charge in [0, 0.05) is 15.8 Å². The van der Waals surface area contributed by atoms with Gasteiger partial charge in [0.15, 0.2) is 0 Å². The van der Waals surface area contributed by atoms with Crippen molar-refractivity contribution in [3.63, 3.8) is 0 Å². The first-order valence-corrected chi connectivity index (χ1v) is 4.60. The van der Waals surface area contributed by atoms with E-state index in [0.717, 1.165) is 10.2 Å². The molecule has 0 fully saturated rings. The van der Waals surface area contributed by atoms with Gasteiger partial charge in [0.25, 0.3) is 0 Å². The maximum absolute atomic E-state index is 12.6. The normalized spacial score (nSPS) is 10.2. The molecule has 0 amide bonds. The van der Waals surface area contributed by atoms with Crippen LogP contribution in [0.1, 0.15) is 5.56 Å². The van der Waals surface area contributed by atoms with E-state index in [1.54, 1.807) is 0 Å². The lowest BCUT2D eigenvalue weighted by Crippen LogP contribution is -1.93. The second-order valence-corrected chi connectivity index (χ2v) is 2.76. The number of hydrogen-bond acceptors (Lipinski definition) is 0. The van der Waals surface area contributed by atoms with Crippen LogP contribution in [0.4, 0.5) is 8.78 Å². The minimum atomic E-state index is -0.421. The molecule has 0 aliphatic heterocycles. The van der Waals surface area contributed by atoms with Gasteiger partial charge in [0.05, 0.1) is 0 Å². The van der Waals surface area contributed by atoms with Gasteiger partial charge in [-0.2, -0.15) is 0 Å². The highest BCUT2D eigenvalue weighted by Gasteiger charge is 2.03. The van der Waals surface area contributed by atoms with Crippen LogP contribution in [-0.4, -0.2) is 10.2 Å². The molecule has 0 N–H and O–H groups in total. The van der Waals surface area contributed by atoms with Crippen molar-refractivity contribution in [1.29, 1.82) is 0 Å². The highest BCUT2D eigenvalue weighted by Crippen LogP contribution is 2.10. The molecule has 1 rings (SSSR count). The van der Waals surface area contributed by atoms with Gasteiger partial charge in [0.2, 0.25) is 0 Å². The van der Waals surface area contributed by atoms with Crippen LogP contribution in [0, 0.1) is 11.6 Å². The fraction of sp³-hybridized carbons (Fsp3) is 0.143. The quantitative estimate of drug-likeness (QED) is 0.531. The molecule has 54 valence electrons. The zero-order chi connectivity index (χ0) is 7.56. The third-order valence-electron chi connectivity index (χ3n) is 1.42. The third-order valence-corrected chi connectivity index (χ3v) is 2.12. The molecule has 0 aromatic heterocycles. The Kier molecular flexibility index (Phi) is 2.16. The predicted molar refractivity (Wildman–Crippen MR) is 40.0 cm³/mol. The highest BCUT2D eigenvalue weighted by molar-refractivity contribution is 6.08. The van der Waals surface area contributed by atoms with Crippen LogP contribution in [0.25, 0.3) is 0 Å². The lowest BCUT2D eigenvalue weighted by atomic mass is 10.2. The predicted octanol–water partition coefficient (Wildman–Crippen LogP) is 0.830. The summed E-state index contributed by atoms with van der Waals surface area (Å²) in [5.74, 6) is -0.843. The van der Waals surface area contributed by atoms with Crippen LogP contribution in [0.5, 0.6) is 0 Å². The van der Waals surface area contributed by atoms with E-state index in [-0.39, 0.29) is 5.56 Å². The minimum absolute atomic E-state index is 0.231. The van der Waals surface area contributed by atoms with Crippen LogP contribution in [0.15, 0.2) is 18.2 Å². The molecule has 1 aromatic carbocycles. The largest absolute Gasteiger partial charge is 0.207 e. The third kappa shape index (κ3) is 1.24. The first-order chi connectivity index (χ1) is 4.75. The van der Waals surface area contributed by atoms with Crippen molar-refractivity contribution < 1.29 is 8.78 Å². The van der Waals surface area contributed by atoms with Crippen LogP contribution in [0.2, 0.25) is 0 Å². The zero-order valence-corrected chi connectivity index (χ0v) is 7.70. The smallest absolute Gasteiger partial charge is 0.128 e. The maximum Gasteiger partial charge on any atom is 0.128 e. The maximum atomic E-state index is 12.6. The Bertz CT molecular complexity index is 215. The summed E-state index contributed by atoms with van der Waals surface area (Å²) in [5, 5.41) is 0. The molecule has 0 heterocycles. The molecule has 0 radical (unpaired) electrons. The summed E-state index contributed by atoms with van der Waals surface area (Å²) in [4.78, 5) is 0. The average Bonchev–Trinajstić information content (AvgIpc) is 1.88. The fourth-order valence-electron chi connectivity index (χ4n) is 0.870. The molecule has 0 nitrogen and oxygen atoms in total. The monoisotopic (exact) mass is 158 g/mol. The van der Waals surface area contributed by atoms with Crippen molar-refractivity contribution in [3.8, 4) is 0 Å². The van der Waals surface area contributed by atoms with Crippen molar-refractivity contribution >= 4 is 10.2 Å². The Labute approximate surface area is 61.3 Å². The molecule has 0 atom stereocenters. The number of halogens is 2. The number of hydrogen-bond donors (Lipinski definition) is 0. The molecule has 0 saturated heterocycles. The summed E-state index contributed by atoms with van der Waals surface area (Å²) in [6.45, 7) is 0. The Morgan fingerprint density at radius 1 is 1.20 bits per heavy atom. The van der Waals surface area contributed by atoms with Gasteiger partial charge in [0.1, 0.15) is 11.6 Å². The number of rotatable bonds is 1. The van der Waals surface area contributed by atoms with Crippen molar-refractivity contribution in [2.24, 2.45) is 0 Å². The molecule has 10 heavy (non-hydrogen) atoms. The standard InChI is InChI=1S/C7H8F2Si/c8-6-2-1-3-7(9)5(6)4-10/h1-3H,4H2,10H3. The van der Waals surface area contributed by atoms with Gasteiger partial charge in [-0.3, -0.25) is 0 Å². The first kappa shape index (κ1) is 7.40. The van der Waals surface area contributed by atoms with Crippen molar-refractivity contribution in [2.45, 2.75) is 6.04 Å². The molecule has 0 saturated carbocycles. The van der Waals surface area contributed by atoms with E-state index >= 15 is 0 Å². The molecule has 0 unspecified atom stereocenters. The van der Waals surface area contributed by atoms with E-state index in [9.17, 15) is 8.78 Å². The second kappa shape index (κ2) is 2.92. The van der Waals surface area contributed by atoms with E-state index in [2.05, 4.69) is 0 Å². The second-order valence-electron chi connectivity index (χ2n) is 2.05. The molecule has 0 spiro atoms. The zero-order valence-electron chi connectivity index (χ0n) is 5.70. The molecule has 1 aromatic rings. The summed E-state index contributed by atoms with van der Waals surface area (Å²) in [6.07, 6.45) is 0. The van der Waals surface area contributed by atoms with Crippen LogP contribution < -0.4 is 0 Å². The van der Waals surface area contributed by atoms with E-state index in [4.69, 9.17) is 0 Å². The van der Waals surface area contributed by atoms with Crippen molar-refractivity contribution in [1.82, 2.24) is 0 Å². The summed E-state index contributed by atoms with van der Waals surface area (Å²) in [7, 11) is 0.794. The SMILES string of the molecule is Fc1cccc(F)c1C[SiH3].